The molecular formula is C14H19. The van der Waals surface area contributed by atoms with Gasteiger partial charge in [-0.3, -0.25) is 0 Å². The molecule has 75 valence electrons. The molecule has 0 amide bonds. The van der Waals surface area contributed by atoms with Gasteiger partial charge in [0.25, 0.3) is 0 Å². The molecule has 0 aromatic rings. The monoisotopic (exact) mass is 187 g/mol. The van der Waals surface area contributed by atoms with Crippen molar-refractivity contribution in [3.63, 3.8) is 0 Å². The zero-order chi connectivity index (χ0) is 9.90. The lowest BCUT2D eigenvalue weighted by atomic mass is 10.1. The number of hydrogen-bond acceptors (Lipinski definition) is 0. The first-order chi connectivity index (χ1) is 7.00. The second-order valence-electron chi connectivity index (χ2n) is 3.43. The fourth-order valence-corrected chi connectivity index (χ4v) is 1.35. The summed E-state index contributed by atoms with van der Waals surface area (Å²) in [4.78, 5) is 0. The fourth-order valence-electron chi connectivity index (χ4n) is 1.35. The summed E-state index contributed by atoms with van der Waals surface area (Å²) in [5.74, 6) is 0. The Bertz CT molecular complexity index is 202. The highest BCUT2D eigenvalue weighted by atomic mass is 13.9. The van der Waals surface area contributed by atoms with E-state index in [-0.39, 0.29) is 0 Å². The van der Waals surface area contributed by atoms with E-state index in [1.165, 1.54) is 25.7 Å². The third kappa shape index (κ3) is 6.47. The van der Waals surface area contributed by atoms with Gasteiger partial charge in [0.2, 0.25) is 0 Å². The fraction of sp³-hybridized carbons (Fsp3) is 0.357. The Hall–Kier alpha value is -1.04. The van der Waals surface area contributed by atoms with Gasteiger partial charge in [-0.2, -0.15) is 0 Å². The van der Waals surface area contributed by atoms with E-state index in [0.29, 0.717) is 0 Å². The first-order valence-corrected chi connectivity index (χ1v) is 5.47. The van der Waals surface area contributed by atoms with Gasteiger partial charge >= 0.3 is 0 Å². The van der Waals surface area contributed by atoms with Gasteiger partial charge in [0.1, 0.15) is 0 Å². The normalized spacial score (nSPS) is 28.6. The zero-order valence-electron chi connectivity index (χ0n) is 8.73. The maximum atomic E-state index is 2.36. The molecule has 1 aliphatic rings. The molecule has 0 nitrogen and oxygen atoms in total. The molecule has 14 heavy (non-hydrogen) atoms. The van der Waals surface area contributed by atoms with Gasteiger partial charge in [0.05, 0.1) is 0 Å². The Morgan fingerprint density at radius 1 is 0.571 bits per heavy atom. The Morgan fingerprint density at radius 2 is 1.21 bits per heavy atom. The lowest BCUT2D eigenvalue weighted by Gasteiger charge is -1.96. The summed E-state index contributed by atoms with van der Waals surface area (Å²) in [6.45, 7) is 0. The van der Waals surface area contributed by atoms with E-state index >= 15 is 0 Å². The molecule has 0 N–H and O–H groups in total. The van der Waals surface area contributed by atoms with Crippen molar-refractivity contribution in [2.75, 3.05) is 0 Å². The van der Waals surface area contributed by atoms with Crippen LogP contribution in [-0.4, -0.2) is 0 Å². The maximum Gasteiger partial charge on any atom is -0.0316 e. The van der Waals surface area contributed by atoms with Crippen LogP contribution in [0.2, 0.25) is 0 Å². The van der Waals surface area contributed by atoms with Crippen LogP contribution in [0, 0.1) is 6.42 Å². The average Bonchev–Trinajstić information content (AvgIpc) is 2.22. The van der Waals surface area contributed by atoms with Crippen LogP contribution in [0.1, 0.15) is 32.1 Å². The number of allylic oxidation sites excluding steroid dienone is 8. The molecule has 0 aliphatic heterocycles. The van der Waals surface area contributed by atoms with E-state index in [2.05, 4.69) is 55.0 Å². The van der Waals surface area contributed by atoms with Gasteiger partial charge in [-0.1, -0.05) is 55.0 Å². The molecule has 0 saturated carbocycles. The first kappa shape index (κ1) is 11.0. The van der Waals surface area contributed by atoms with Crippen molar-refractivity contribution >= 4 is 0 Å². The van der Waals surface area contributed by atoms with E-state index in [0.717, 1.165) is 6.42 Å². The third-order valence-corrected chi connectivity index (χ3v) is 2.16. The van der Waals surface area contributed by atoms with Crippen molar-refractivity contribution < 1.29 is 0 Å². The molecule has 1 radical (unpaired) electrons. The highest BCUT2D eigenvalue weighted by Crippen LogP contribution is 2.05. The number of rotatable bonds is 0. The van der Waals surface area contributed by atoms with Gasteiger partial charge in [0.15, 0.2) is 0 Å². The number of hydrogen-bond donors (Lipinski definition) is 0. The second-order valence-corrected chi connectivity index (χ2v) is 3.43. The van der Waals surface area contributed by atoms with Crippen molar-refractivity contribution in [3.05, 3.63) is 55.0 Å². The van der Waals surface area contributed by atoms with Crippen LogP contribution in [0.5, 0.6) is 0 Å². The molecule has 0 aromatic heterocycles. The zero-order valence-corrected chi connectivity index (χ0v) is 8.73. The summed E-state index contributed by atoms with van der Waals surface area (Å²) in [7, 11) is 0. The topological polar surface area (TPSA) is 0 Å². The van der Waals surface area contributed by atoms with Gasteiger partial charge < -0.3 is 0 Å². The molecule has 0 heterocycles. The molecule has 1 aliphatic carbocycles. The summed E-state index contributed by atoms with van der Waals surface area (Å²) in [5, 5.41) is 0. The van der Waals surface area contributed by atoms with Crippen LogP contribution < -0.4 is 0 Å². The Balaban J connectivity index is 2.36. The second kappa shape index (κ2) is 8.55. The lowest BCUT2D eigenvalue weighted by Crippen LogP contribution is -1.77. The highest BCUT2D eigenvalue weighted by Gasteiger charge is 1.87. The van der Waals surface area contributed by atoms with Gasteiger partial charge in [-0.25, -0.2) is 0 Å². The van der Waals surface area contributed by atoms with Crippen LogP contribution in [0.15, 0.2) is 48.6 Å². The minimum Gasteiger partial charge on any atom is -0.0845 e. The van der Waals surface area contributed by atoms with E-state index in [9.17, 15) is 0 Å². The van der Waals surface area contributed by atoms with E-state index in [4.69, 9.17) is 0 Å². The van der Waals surface area contributed by atoms with E-state index in [1.807, 2.05) is 0 Å². The molecule has 0 bridgehead atoms. The van der Waals surface area contributed by atoms with Crippen molar-refractivity contribution in [1.29, 1.82) is 0 Å². The smallest absolute Gasteiger partial charge is 0.0316 e. The summed E-state index contributed by atoms with van der Waals surface area (Å²) in [6, 6.07) is 0. The molecule has 0 heteroatoms. The first-order valence-electron chi connectivity index (χ1n) is 5.47. The Kier molecular flexibility index (Phi) is 6.74. The molecule has 0 spiro atoms. The summed E-state index contributed by atoms with van der Waals surface area (Å²) in [5.41, 5.74) is 0. The van der Waals surface area contributed by atoms with Crippen molar-refractivity contribution in [2.45, 2.75) is 32.1 Å². The van der Waals surface area contributed by atoms with Crippen LogP contribution in [0.25, 0.3) is 0 Å². The van der Waals surface area contributed by atoms with Crippen LogP contribution in [-0.2, 0) is 0 Å². The standard InChI is InChI=1S/C14H19/c1-2-4-6-8-10-12-14-13-11-9-7-5-3-1/h1-8,11H,9-10,12-14H2/b3-1+,4-2-,7-5-,8-6+. The van der Waals surface area contributed by atoms with Crippen LogP contribution >= 0.6 is 0 Å². The molecule has 0 aromatic carbocycles. The Morgan fingerprint density at radius 3 is 2.07 bits per heavy atom. The molecule has 0 fully saturated rings. The average molecular weight is 187 g/mol. The Labute approximate surface area is 87.7 Å². The van der Waals surface area contributed by atoms with Crippen molar-refractivity contribution in [3.8, 4) is 0 Å². The minimum atomic E-state index is 1.10. The van der Waals surface area contributed by atoms with E-state index in [1.54, 1.807) is 0 Å². The van der Waals surface area contributed by atoms with Crippen LogP contribution in [0.3, 0.4) is 0 Å². The summed E-state index contributed by atoms with van der Waals surface area (Å²) >= 11 is 0. The lowest BCUT2D eigenvalue weighted by molar-refractivity contribution is 0.730. The largest absolute Gasteiger partial charge is 0.0845 e. The SMILES string of the molecule is [CH]1C\C=C/C=C/C=C\C=C\CCCC1. The quantitative estimate of drug-likeness (QED) is 0.528. The summed E-state index contributed by atoms with van der Waals surface area (Å²) < 4.78 is 0. The highest BCUT2D eigenvalue weighted by molar-refractivity contribution is 5.15. The molecular weight excluding hydrogens is 168 g/mol. The van der Waals surface area contributed by atoms with Gasteiger partial charge in [-0.15, -0.1) is 0 Å². The minimum absolute atomic E-state index is 1.10. The molecule has 0 atom stereocenters. The molecule has 0 unspecified atom stereocenters. The van der Waals surface area contributed by atoms with Gasteiger partial charge in [-0.05, 0) is 32.1 Å². The van der Waals surface area contributed by atoms with Crippen LogP contribution in [0.4, 0.5) is 0 Å². The summed E-state index contributed by atoms with van der Waals surface area (Å²) in [6.07, 6.45) is 25.5. The van der Waals surface area contributed by atoms with E-state index < -0.39 is 0 Å². The molecule has 0 saturated heterocycles. The predicted molar refractivity (Wildman–Crippen MR) is 63.9 cm³/mol. The van der Waals surface area contributed by atoms with Gasteiger partial charge in [0, 0.05) is 0 Å². The predicted octanol–water partition coefficient (Wildman–Crippen LogP) is 4.38. The third-order valence-electron chi connectivity index (χ3n) is 2.16. The van der Waals surface area contributed by atoms with Crippen molar-refractivity contribution in [2.24, 2.45) is 0 Å². The maximum absolute atomic E-state index is 2.36. The molecule has 1 rings (SSSR count). The van der Waals surface area contributed by atoms with Crippen molar-refractivity contribution in [1.82, 2.24) is 0 Å².